The lowest BCUT2D eigenvalue weighted by Crippen LogP contribution is -2.22. The van der Waals surface area contributed by atoms with Crippen molar-refractivity contribution in [2.45, 2.75) is 49.8 Å². The third-order valence-corrected chi connectivity index (χ3v) is 6.88. The van der Waals surface area contributed by atoms with E-state index in [-0.39, 0.29) is 5.12 Å². The summed E-state index contributed by atoms with van der Waals surface area (Å²) < 4.78 is 7.44. The smallest absolute Gasteiger partial charge is 0.198 e. The molecule has 134 valence electrons. The number of aliphatic hydroxyl groups is 1. The minimum absolute atomic E-state index is 0.155. The molecule has 0 aliphatic carbocycles. The number of ether oxygens (including phenoxy) is 1. The zero-order valence-electron chi connectivity index (χ0n) is 14.9. The lowest BCUT2D eigenvalue weighted by Gasteiger charge is -2.17. The van der Waals surface area contributed by atoms with Gasteiger partial charge in [0.25, 0.3) is 0 Å². The molecular weight excluding hydrogens is 352 g/mol. The fourth-order valence-corrected chi connectivity index (χ4v) is 4.38. The van der Waals surface area contributed by atoms with Gasteiger partial charge < -0.3 is 9.84 Å². The van der Waals surface area contributed by atoms with Gasteiger partial charge in [-0.1, -0.05) is 43.5 Å². The quantitative estimate of drug-likeness (QED) is 0.592. The second-order valence-electron chi connectivity index (χ2n) is 7.52. The van der Waals surface area contributed by atoms with Crippen LogP contribution < -0.4 is 0 Å². The molecule has 0 fully saturated rings. The molecule has 0 saturated carbocycles. The molecular formula is C18H24N2O3SSi. The summed E-state index contributed by atoms with van der Waals surface area (Å²) in [5.41, 5.74) is 2.50. The monoisotopic (exact) mass is 376 g/mol. The van der Waals surface area contributed by atoms with Gasteiger partial charge in [-0.3, -0.25) is 4.79 Å². The molecule has 1 aliphatic heterocycles. The van der Waals surface area contributed by atoms with E-state index in [9.17, 15) is 9.90 Å². The fourth-order valence-electron chi connectivity index (χ4n) is 2.68. The fraction of sp³-hybridized carbons (Fsp3) is 0.444. The van der Waals surface area contributed by atoms with Crippen LogP contribution in [0, 0.1) is 0 Å². The van der Waals surface area contributed by atoms with Crippen LogP contribution in [0.3, 0.4) is 0 Å². The summed E-state index contributed by atoms with van der Waals surface area (Å²) in [6, 6.07) is 8.61. The molecule has 2 aromatic rings. The number of nitrogens with zero attached hydrogens (tertiary/aromatic N) is 2. The van der Waals surface area contributed by atoms with E-state index in [1.54, 1.807) is 16.9 Å². The number of aromatic nitrogens is 2. The van der Waals surface area contributed by atoms with Gasteiger partial charge in [-0.15, -0.1) is 0 Å². The van der Waals surface area contributed by atoms with Gasteiger partial charge in [-0.25, -0.2) is 4.68 Å². The van der Waals surface area contributed by atoms with Crippen molar-refractivity contribution in [1.82, 2.24) is 9.78 Å². The molecule has 5 nitrogen and oxygen atoms in total. The Morgan fingerprint density at radius 1 is 1.36 bits per heavy atom. The van der Waals surface area contributed by atoms with E-state index < -0.39 is 14.2 Å². The van der Waals surface area contributed by atoms with Crippen LogP contribution in [-0.2, 0) is 22.7 Å². The highest BCUT2D eigenvalue weighted by atomic mass is 32.2. The van der Waals surface area contributed by atoms with Gasteiger partial charge in [0, 0.05) is 32.2 Å². The van der Waals surface area contributed by atoms with Crippen LogP contribution in [0.25, 0.3) is 0 Å². The summed E-state index contributed by atoms with van der Waals surface area (Å²) in [6.07, 6.45) is 1.36. The van der Waals surface area contributed by atoms with E-state index in [4.69, 9.17) is 4.74 Å². The van der Waals surface area contributed by atoms with Gasteiger partial charge in [0.15, 0.2) is 5.12 Å². The number of hydrogen-bond acceptors (Lipinski definition) is 5. The van der Waals surface area contributed by atoms with Crippen LogP contribution in [0.15, 0.2) is 35.4 Å². The Kier molecular flexibility index (Phi) is 5.48. The second kappa shape index (κ2) is 7.45. The number of thioether (sulfide) groups is 1. The Bertz CT molecular complexity index is 770. The van der Waals surface area contributed by atoms with Gasteiger partial charge in [-0.05, 0) is 29.3 Å². The largest absolute Gasteiger partial charge is 0.382 e. The number of fused-ring (bicyclic) bond motifs is 1. The van der Waals surface area contributed by atoms with Crippen molar-refractivity contribution in [3.63, 3.8) is 0 Å². The second-order valence-corrected chi connectivity index (χ2v) is 14.2. The van der Waals surface area contributed by atoms with Crippen LogP contribution >= 0.6 is 11.8 Å². The molecule has 1 unspecified atom stereocenters. The molecule has 1 aliphatic rings. The predicted molar refractivity (Wildman–Crippen MR) is 101 cm³/mol. The van der Waals surface area contributed by atoms with Gasteiger partial charge in [-0.2, -0.15) is 5.10 Å². The summed E-state index contributed by atoms with van der Waals surface area (Å²) in [5, 5.41) is 15.2. The topological polar surface area (TPSA) is 64.3 Å². The Hall–Kier alpha value is -1.41. The first kappa shape index (κ1) is 18.4. The summed E-state index contributed by atoms with van der Waals surface area (Å²) in [7, 11) is -1.12. The van der Waals surface area contributed by atoms with Crippen LogP contribution in [0.1, 0.15) is 22.9 Å². The van der Waals surface area contributed by atoms with Gasteiger partial charge in [0.1, 0.15) is 12.8 Å². The SMILES string of the molecule is C[Si](C)(C)CCOCn1nccc1C(O)c1ccc2c(c1)SC(=O)C2. The lowest BCUT2D eigenvalue weighted by molar-refractivity contribution is -0.110. The van der Waals surface area contributed by atoms with Gasteiger partial charge in [0.05, 0.1) is 5.69 Å². The number of benzene rings is 1. The van der Waals surface area contributed by atoms with E-state index in [0.717, 1.165) is 22.1 Å². The normalized spacial score (nSPS) is 15.4. The first-order valence-electron chi connectivity index (χ1n) is 8.44. The van der Waals surface area contributed by atoms with Crippen molar-refractivity contribution in [3.05, 3.63) is 47.3 Å². The van der Waals surface area contributed by atoms with Crippen molar-refractivity contribution >= 4 is 25.0 Å². The van der Waals surface area contributed by atoms with Crippen LogP contribution in [0.2, 0.25) is 25.7 Å². The highest BCUT2D eigenvalue weighted by molar-refractivity contribution is 8.14. The number of carbonyl (C=O) groups is 1. The van der Waals surface area contributed by atoms with Crippen molar-refractivity contribution in [1.29, 1.82) is 0 Å². The maximum atomic E-state index is 11.6. The number of hydrogen-bond donors (Lipinski definition) is 1. The minimum atomic E-state index is -1.12. The van der Waals surface area contributed by atoms with E-state index in [2.05, 4.69) is 24.7 Å². The molecule has 0 amide bonds. The Balaban J connectivity index is 1.67. The van der Waals surface area contributed by atoms with E-state index in [1.165, 1.54) is 11.8 Å². The molecule has 25 heavy (non-hydrogen) atoms. The summed E-state index contributed by atoms with van der Waals surface area (Å²) in [4.78, 5) is 12.5. The number of carbonyl (C=O) groups excluding carboxylic acids is 1. The number of aliphatic hydroxyl groups excluding tert-OH is 1. The minimum Gasteiger partial charge on any atom is -0.382 e. The van der Waals surface area contributed by atoms with Crippen LogP contribution in [0.5, 0.6) is 0 Å². The third-order valence-electron chi connectivity index (χ3n) is 4.21. The molecule has 3 rings (SSSR count). The Labute approximate surface area is 153 Å². The summed E-state index contributed by atoms with van der Waals surface area (Å²) in [6.45, 7) is 7.99. The molecule has 1 N–H and O–H groups in total. The number of rotatable bonds is 7. The van der Waals surface area contributed by atoms with E-state index in [1.807, 2.05) is 18.2 Å². The van der Waals surface area contributed by atoms with Crippen molar-refractivity contribution in [2.24, 2.45) is 0 Å². The predicted octanol–water partition coefficient (Wildman–Crippen LogP) is 3.45. The van der Waals surface area contributed by atoms with Crippen LogP contribution in [0.4, 0.5) is 0 Å². The first-order valence-corrected chi connectivity index (χ1v) is 13.0. The summed E-state index contributed by atoms with van der Waals surface area (Å²) >= 11 is 1.25. The molecule has 1 aromatic carbocycles. The summed E-state index contributed by atoms with van der Waals surface area (Å²) in [5.74, 6) is 0. The molecule has 0 radical (unpaired) electrons. The maximum Gasteiger partial charge on any atom is 0.198 e. The van der Waals surface area contributed by atoms with Gasteiger partial charge in [0.2, 0.25) is 0 Å². The third kappa shape index (κ3) is 4.61. The highest BCUT2D eigenvalue weighted by Gasteiger charge is 2.22. The van der Waals surface area contributed by atoms with Crippen molar-refractivity contribution in [3.8, 4) is 0 Å². The lowest BCUT2D eigenvalue weighted by atomic mass is 10.0. The zero-order chi connectivity index (χ0) is 18.0. The zero-order valence-corrected chi connectivity index (χ0v) is 16.7. The average molecular weight is 377 g/mol. The molecule has 1 aromatic heterocycles. The molecule has 0 bridgehead atoms. The molecule has 1 atom stereocenters. The van der Waals surface area contributed by atoms with Crippen LogP contribution in [-0.4, -0.2) is 34.7 Å². The first-order chi connectivity index (χ1) is 11.8. The Morgan fingerprint density at radius 2 is 2.16 bits per heavy atom. The molecule has 7 heteroatoms. The van der Waals surface area contributed by atoms with E-state index in [0.29, 0.717) is 25.5 Å². The van der Waals surface area contributed by atoms with Gasteiger partial charge >= 0.3 is 0 Å². The molecule has 0 spiro atoms. The molecule has 2 heterocycles. The van der Waals surface area contributed by atoms with Crippen molar-refractivity contribution in [2.75, 3.05) is 6.61 Å². The standard InChI is InChI=1S/C18H24N2O3SSi/c1-25(2,3)9-8-23-12-20-15(6-7-19-20)18(22)14-5-4-13-11-17(21)24-16(13)10-14/h4-7,10,18,22H,8-9,11-12H2,1-3H3. The maximum absolute atomic E-state index is 11.6. The van der Waals surface area contributed by atoms with Crippen molar-refractivity contribution < 1.29 is 14.6 Å². The van der Waals surface area contributed by atoms with E-state index >= 15 is 0 Å². The Morgan fingerprint density at radius 3 is 2.92 bits per heavy atom. The molecule has 0 saturated heterocycles. The highest BCUT2D eigenvalue weighted by Crippen LogP contribution is 2.35. The average Bonchev–Trinajstić information content (AvgIpc) is 3.14.